The zero-order valence-corrected chi connectivity index (χ0v) is 18.9. The van der Waals surface area contributed by atoms with Gasteiger partial charge in [-0.3, -0.25) is 4.79 Å². The Morgan fingerprint density at radius 3 is 2.42 bits per heavy atom. The van der Waals surface area contributed by atoms with Crippen LogP contribution < -0.4 is 10.2 Å². The third kappa shape index (κ3) is 3.61. The molecule has 0 fully saturated rings. The van der Waals surface area contributed by atoms with E-state index in [-0.39, 0.29) is 23.9 Å². The Hall–Kier alpha value is -2.47. The van der Waals surface area contributed by atoms with Crippen molar-refractivity contribution in [2.45, 2.75) is 37.5 Å². The van der Waals surface area contributed by atoms with Crippen molar-refractivity contribution in [1.29, 1.82) is 0 Å². The van der Waals surface area contributed by atoms with Crippen molar-refractivity contribution in [3.05, 3.63) is 99.5 Å². The second kappa shape index (κ2) is 8.23. The molecule has 31 heavy (non-hydrogen) atoms. The summed E-state index contributed by atoms with van der Waals surface area (Å²) in [6.07, 6.45) is 0.107. The molecule has 4 unspecified atom stereocenters. The molecule has 4 atom stereocenters. The minimum absolute atomic E-state index is 0.0103. The van der Waals surface area contributed by atoms with Crippen molar-refractivity contribution < 1.29 is 9.90 Å². The first-order valence-electron chi connectivity index (χ1n) is 10.7. The van der Waals surface area contributed by atoms with Crippen LogP contribution >= 0.6 is 15.9 Å². The van der Waals surface area contributed by atoms with E-state index in [1.54, 1.807) is 0 Å². The van der Waals surface area contributed by atoms with Crippen molar-refractivity contribution in [2.24, 2.45) is 0 Å². The molecular weight excluding hydrogens is 452 g/mol. The second-order valence-electron chi connectivity index (χ2n) is 8.45. The molecule has 0 saturated heterocycles. The van der Waals surface area contributed by atoms with E-state index in [1.165, 1.54) is 11.1 Å². The van der Waals surface area contributed by atoms with E-state index in [0.717, 1.165) is 15.7 Å². The van der Waals surface area contributed by atoms with Gasteiger partial charge in [0.15, 0.2) is 0 Å². The maximum atomic E-state index is 13.2. The summed E-state index contributed by atoms with van der Waals surface area (Å²) in [6, 6.07) is 23.6. The number of rotatable bonds is 4. The van der Waals surface area contributed by atoms with Gasteiger partial charge in [-0.2, -0.15) is 0 Å². The van der Waals surface area contributed by atoms with Gasteiger partial charge in [-0.15, -0.1) is 0 Å². The Morgan fingerprint density at radius 1 is 1.03 bits per heavy atom. The Labute approximate surface area is 191 Å². The molecule has 1 aliphatic heterocycles. The Kier molecular flexibility index (Phi) is 5.42. The van der Waals surface area contributed by atoms with Crippen LogP contribution in [0.15, 0.2) is 77.3 Å². The van der Waals surface area contributed by atoms with E-state index in [0.29, 0.717) is 18.5 Å². The van der Waals surface area contributed by atoms with Crippen LogP contribution in [0.2, 0.25) is 0 Å². The zero-order valence-electron chi connectivity index (χ0n) is 17.3. The maximum Gasteiger partial charge on any atom is 0.258 e. The number of nitrogens with zero attached hydrogens (tertiary/aromatic N) is 1. The smallest absolute Gasteiger partial charge is 0.258 e. The molecule has 1 amide bonds. The van der Waals surface area contributed by atoms with E-state index >= 15 is 0 Å². The fourth-order valence-electron chi connectivity index (χ4n) is 5.03. The molecule has 4 nitrogen and oxygen atoms in total. The van der Waals surface area contributed by atoms with E-state index in [9.17, 15) is 9.90 Å². The summed E-state index contributed by atoms with van der Waals surface area (Å²) in [4.78, 5) is 15.1. The Balaban J connectivity index is 1.52. The maximum absolute atomic E-state index is 13.2. The van der Waals surface area contributed by atoms with Crippen molar-refractivity contribution in [1.82, 2.24) is 5.32 Å². The van der Waals surface area contributed by atoms with E-state index in [1.807, 2.05) is 65.6 Å². The molecule has 0 saturated carbocycles. The quantitative estimate of drug-likeness (QED) is 0.533. The number of aliphatic hydroxyl groups is 1. The van der Waals surface area contributed by atoms with Crippen LogP contribution in [0.3, 0.4) is 0 Å². The van der Waals surface area contributed by atoms with Crippen LogP contribution in [-0.4, -0.2) is 23.7 Å². The standard InChI is InChI=1S/C26H25BrN2O2/c1-16(17-8-4-2-5-9-17)28-25-22(30)14-19-15-29(26(31)18-10-6-3-7-11-18)21-13-12-20(27)24(25)23(19)21/h2-13,16,19,22,25,28,30H,14-15H2,1H3. The molecule has 2 N–H and O–H groups in total. The summed E-state index contributed by atoms with van der Waals surface area (Å²) in [7, 11) is 0. The molecule has 1 aliphatic carbocycles. The Morgan fingerprint density at radius 2 is 1.71 bits per heavy atom. The van der Waals surface area contributed by atoms with E-state index in [2.05, 4.69) is 40.3 Å². The highest BCUT2D eigenvalue weighted by atomic mass is 79.9. The summed E-state index contributed by atoms with van der Waals surface area (Å²) >= 11 is 3.73. The number of hydrogen-bond acceptors (Lipinski definition) is 3. The molecule has 0 spiro atoms. The number of aliphatic hydroxyl groups excluding tert-OH is 1. The highest BCUT2D eigenvalue weighted by Crippen LogP contribution is 2.50. The minimum Gasteiger partial charge on any atom is -0.391 e. The van der Waals surface area contributed by atoms with Gasteiger partial charge in [-0.25, -0.2) is 0 Å². The lowest BCUT2D eigenvalue weighted by atomic mass is 9.79. The summed E-state index contributed by atoms with van der Waals surface area (Å²) in [5.74, 6) is 0.145. The minimum atomic E-state index is -0.526. The van der Waals surface area contributed by atoms with Crippen LogP contribution in [0.4, 0.5) is 5.69 Å². The van der Waals surface area contributed by atoms with Gasteiger partial charge < -0.3 is 15.3 Å². The molecule has 0 radical (unpaired) electrons. The van der Waals surface area contributed by atoms with Crippen molar-refractivity contribution in [3.8, 4) is 0 Å². The number of carbonyl (C=O) groups excluding carboxylic acids is 1. The average molecular weight is 477 g/mol. The second-order valence-corrected chi connectivity index (χ2v) is 9.31. The third-order valence-corrected chi connectivity index (χ3v) is 7.22. The van der Waals surface area contributed by atoms with Gasteiger partial charge in [-0.05, 0) is 54.3 Å². The molecular formula is C26H25BrN2O2. The highest BCUT2D eigenvalue weighted by Gasteiger charge is 2.43. The molecule has 3 aromatic carbocycles. The predicted molar refractivity (Wildman–Crippen MR) is 126 cm³/mol. The average Bonchev–Trinajstić information content (AvgIpc) is 3.16. The Bertz CT molecular complexity index is 1100. The molecule has 2 aliphatic rings. The first-order chi connectivity index (χ1) is 15.0. The van der Waals surface area contributed by atoms with Gasteiger partial charge in [0.05, 0.1) is 12.1 Å². The van der Waals surface area contributed by atoms with Gasteiger partial charge >= 0.3 is 0 Å². The van der Waals surface area contributed by atoms with Crippen LogP contribution in [0.5, 0.6) is 0 Å². The lowest BCUT2D eigenvalue weighted by Crippen LogP contribution is -2.39. The van der Waals surface area contributed by atoms with Gasteiger partial charge in [0.2, 0.25) is 0 Å². The fraction of sp³-hybridized carbons (Fsp3) is 0.269. The van der Waals surface area contributed by atoms with Crippen LogP contribution in [0, 0.1) is 0 Å². The summed E-state index contributed by atoms with van der Waals surface area (Å²) in [5, 5.41) is 14.8. The topological polar surface area (TPSA) is 52.6 Å². The number of amides is 1. The third-order valence-electron chi connectivity index (χ3n) is 6.53. The van der Waals surface area contributed by atoms with Gasteiger partial charge in [0, 0.05) is 34.2 Å². The van der Waals surface area contributed by atoms with Gasteiger partial charge in [0.25, 0.3) is 5.91 Å². The number of nitrogens with one attached hydrogen (secondary N) is 1. The van der Waals surface area contributed by atoms with Crippen molar-refractivity contribution in [3.63, 3.8) is 0 Å². The van der Waals surface area contributed by atoms with Crippen molar-refractivity contribution >= 4 is 27.5 Å². The first kappa shape index (κ1) is 20.4. The first-order valence-corrected chi connectivity index (χ1v) is 11.5. The number of benzene rings is 3. The molecule has 5 heteroatoms. The van der Waals surface area contributed by atoms with Gasteiger partial charge in [-0.1, -0.05) is 64.5 Å². The summed E-state index contributed by atoms with van der Waals surface area (Å²) in [6.45, 7) is 2.72. The van der Waals surface area contributed by atoms with Crippen LogP contribution in [-0.2, 0) is 0 Å². The molecule has 0 bridgehead atoms. The molecule has 0 aromatic heterocycles. The lowest BCUT2D eigenvalue weighted by Gasteiger charge is -2.36. The molecule has 1 heterocycles. The van der Waals surface area contributed by atoms with Crippen LogP contribution in [0.25, 0.3) is 0 Å². The largest absolute Gasteiger partial charge is 0.391 e. The number of anilines is 1. The molecule has 3 aromatic rings. The molecule has 5 rings (SSSR count). The fourth-order valence-corrected chi connectivity index (χ4v) is 5.62. The summed E-state index contributed by atoms with van der Waals surface area (Å²) < 4.78 is 0.974. The SMILES string of the molecule is CC(NC1c2c(Br)ccc3c2C(CC1O)CN3C(=O)c1ccccc1)c1ccccc1. The highest BCUT2D eigenvalue weighted by molar-refractivity contribution is 9.10. The lowest BCUT2D eigenvalue weighted by molar-refractivity contribution is 0.0938. The monoisotopic (exact) mass is 476 g/mol. The normalized spacial score (nSPS) is 22.8. The summed E-state index contributed by atoms with van der Waals surface area (Å²) in [5.41, 5.74) is 5.09. The predicted octanol–water partition coefficient (Wildman–Crippen LogP) is 5.35. The van der Waals surface area contributed by atoms with Gasteiger partial charge in [0.1, 0.15) is 0 Å². The number of halogens is 1. The zero-order chi connectivity index (χ0) is 21.5. The van der Waals surface area contributed by atoms with Crippen molar-refractivity contribution in [2.75, 3.05) is 11.4 Å². The van der Waals surface area contributed by atoms with Crippen LogP contribution in [0.1, 0.15) is 58.4 Å². The van der Waals surface area contributed by atoms with E-state index < -0.39 is 6.10 Å². The number of carbonyl (C=O) groups is 1. The molecule has 158 valence electrons. The van der Waals surface area contributed by atoms with E-state index in [4.69, 9.17) is 0 Å². The number of hydrogen-bond donors (Lipinski definition) is 2.